The first kappa shape index (κ1) is 14.3. The Morgan fingerprint density at radius 1 is 0.905 bits per heavy atom. The maximum Gasteiger partial charge on any atom is 0.0322 e. The van der Waals surface area contributed by atoms with E-state index in [4.69, 9.17) is 0 Å². The first-order valence-corrected chi connectivity index (χ1v) is 8.17. The molecule has 2 unspecified atom stereocenters. The number of rotatable bonds is 3. The lowest BCUT2D eigenvalue weighted by Crippen LogP contribution is -2.39. The monoisotopic (exact) mass is 279 g/mol. The molecule has 1 nitrogen and oxygen atoms in total. The number of piperidine rings is 1. The molecule has 0 N–H and O–H groups in total. The molecule has 21 heavy (non-hydrogen) atoms. The summed E-state index contributed by atoms with van der Waals surface area (Å²) in [5.41, 5.74) is 4.03. The summed E-state index contributed by atoms with van der Waals surface area (Å²) in [7, 11) is 0. The molecule has 2 aromatic rings. The third-order valence-corrected chi connectivity index (χ3v) is 4.85. The quantitative estimate of drug-likeness (QED) is 0.738. The molecule has 0 saturated carbocycles. The van der Waals surface area contributed by atoms with Gasteiger partial charge in [0.15, 0.2) is 0 Å². The number of nitrogens with zero attached hydrogens (tertiary/aromatic N) is 1. The highest BCUT2D eigenvalue weighted by atomic mass is 15.2. The van der Waals surface area contributed by atoms with Crippen LogP contribution in [-0.2, 0) is 0 Å². The van der Waals surface area contributed by atoms with Gasteiger partial charge in [0.2, 0.25) is 0 Å². The van der Waals surface area contributed by atoms with Crippen molar-refractivity contribution in [2.75, 3.05) is 6.54 Å². The molecule has 110 valence electrons. The van der Waals surface area contributed by atoms with Crippen LogP contribution in [0.15, 0.2) is 54.6 Å². The van der Waals surface area contributed by atoms with Crippen LogP contribution in [0.4, 0.5) is 0 Å². The lowest BCUT2D eigenvalue weighted by atomic mass is 9.96. The minimum Gasteiger partial charge on any atom is -0.294 e. The fourth-order valence-electron chi connectivity index (χ4n) is 3.47. The molecule has 0 aromatic heterocycles. The van der Waals surface area contributed by atoms with E-state index >= 15 is 0 Å². The molecule has 1 heterocycles. The zero-order chi connectivity index (χ0) is 14.7. The van der Waals surface area contributed by atoms with E-state index in [0.717, 1.165) is 0 Å². The largest absolute Gasteiger partial charge is 0.294 e. The molecule has 1 fully saturated rings. The van der Waals surface area contributed by atoms with Crippen molar-refractivity contribution >= 4 is 0 Å². The average molecular weight is 279 g/mol. The van der Waals surface area contributed by atoms with Crippen molar-refractivity contribution in [2.45, 2.75) is 45.2 Å². The van der Waals surface area contributed by atoms with Gasteiger partial charge in [-0.25, -0.2) is 0 Å². The van der Waals surface area contributed by atoms with Crippen LogP contribution < -0.4 is 0 Å². The van der Waals surface area contributed by atoms with Crippen LogP contribution in [0, 0.1) is 0 Å². The fraction of sp³-hybridized carbons (Fsp3) is 0.400. The Hall–Kier alpha value is -1.60. The molecular weight excluding hydrogens is 254 g/mol. The maximum atomic E-state index is 2.65. The summed E-state index contributed by atoms with van der Waals surface area (Å²) in [4.78, 5) is 2.65. The van der Waals surface area contributed by atoms with E-state index in [9.17, 15) is 0 Å². The molecule has 0 radical (unpaired) electrons. The SMILES string of the molecule is CC1CCCCN1C(C)c1ccc(-c2ccccc2)cc1. The molecule has 1 aliphatic heterocycles. The number of hydrogen-bond acceptors (Lipinski definition) is 1. The Morgan fingerprint density at radius 3 is 2.24 bits per heavy atom. The van der Waals surface area contributed by atoms with Crippen molar-refractivity contribution in [1.29, 1.82) is 0 Å². The van der Waals surface area contributed by atoms with Gasteiger partial charge in [-0.05, 0) is 49.9 Å². The van der Waals surface area contributed by atoms with Gasteiger partial charge in [-0.2, -0.15) is 0 Å². The lowest BCUT2D eigenvalue weighted by molar-refractivity contribution is 0.114. The summed E-state index contributed by atoms with van der Waals surface area (Å²) in [6.45, 7) is 5.95. The van der Waals surface area contributed by atoms with E-state index in [1.807, 2.05) is 0 Å². The zero-order valence-electron chi connectivity index (χ0n) is 13.1. The van der Waals surface area contributed by atoms with Crippen LogP contribution in [0.5, 0.6) is 0 Å². The molecule has 1 aliphatic rings. The highest BCUT2D eigenvalue weighted by Crippen LogP contribution is 2.29. The van der Waals surface area contributed by atoms with Crippen LogP contribution >= 0.6 is 0 Å². The molecule has 0 amide bonds. The minimum atomic E-state index is 0.519. The predicted octanol–water partition coefficient (Wildman–Crippen LogP) is 5.29. The van der Waals surface area contributed by atoms with Crippen molar-refractivity contribution in [3.8, 4) is 11.1 Å². The van der Waals surface area contributed by atoms with Crippen LogP contribution in [0.3, 0.4) is 0 Å². The van der Waals surface area contributed by atoms with Gasteiger partial charge < -0.3 is 0 Å². The van der Waals surface area contributed by atoms with Crippen molar-refractivity contribution in [2.24, 2.45) is 0 Å². The molecule has 1 saturated heterocycles. The van der Waals surface area contributed by atoms with Crippen LogP contribution in [-0.4, -0.2) is 17.5 Å². The first-order chi connectivity index (χ1) is 10.3. The van der Waals surface area contributed by atoms with E-state index in [0.29, 0.717) is 12.1 Å². The Morgan fingerprint density at radius 2 is 1.57 bits per heavy atom. The zero-order valence-corrected chi connectivity index (χ0v) is 13.1. The van der Waals surface area contributed by atoms with Gasteiger partial charge in [0.25, 0.3) is 0 Å². The second-order valence-electron chi connectivity index (χ2n) is 6.25. The Kier molecular flexibility index (Phi) is 4.40. The van der Waals surface area contributed by atoms with Gasteiger partial charge in [-0.1, -0.05) is 61.0 Å². The van der Waals surface area contributed by atoms with Crippen molar-refractivity contribution in [3.05, 3.63) is 60.2 Å². The second kappa shape index (κ2) is 6.44. The molecule has 3 rings (SSSR count). The van der Waals surface area contributed by atoms with Gasteiger partial charge in [0.1, 0.15) is 0 Å². The number of benzene rings is 2. The number of hydrogen-bond donors (Lipinski definition) is 0. The van der Waals surface area contributed by atoms with E-state index in [-0.39, 0.29) is 0 Å². The van der Waals surface area contributed by atoms with Gasteiger partial charge >= 0.3 is 0 Å². The summed E-state index contributed by atoms with van der Waals surface area (Å²) in [5.74, 6) is 0. The third kappa shape index (κ3) is 3.19. The summed E-state index contributed by atoms with van der Waals surface area (Å²) >= 11 is 0. The molecule has 0 bridgehead atoms. The Labute approximate surface area is 128 Å². The van der Waals surface area contributed by atoms with Gasteiger partial charge in [0, 0.05) is 12.1 Å². The van der Waals surface area contributed by atoms with Crippen molar-refractivity contribution in [1.82, 2.24) is 4.90 Å². The topological polar surface area (TPSA) is 3.24 Å². The summed E-state index contributed by atoms with van der Waals surface area (Å²) in [6.07, 6.45) is 4.07. The molecule has 0 spiro atoms. The standard InChI is InChI=1S/C20H25N/c1-16-8-6-7-15-21(16)17(2)18-11-13-20(14-12-18)19-9-4-3-5-10-19/h3-5,9-14,16-17H,6-8,15H2,1-2H3. The first-order valence-electron chi connectivity index (χ1n) is 8.17. The van der Waals surface area contributed by atoms with Crippen LogP contribution in [0.2, 0.25) is 0 Å². The fourth-order valence-corrected chi connectivity index (χ4v) is 3.47. The van der Waals surface area contributed by atoms with Gasteiger partial charge in [-0.3, -0.25) is 4.90 Å². The molecular formula is C20H25N. The van der Waals surface area contributed by atoms with E-state index in [1.54, 1.807) is 0 Å². The summed E-state index contributed by atoms with van der Waals surface area (Å²) < 4.78 is 0. The van der Waals surface area contributed by atoms with Crippen LogP contribution in [0.25, 0.3) is 11.1 Å². The smallest absolute Gasteiger partial charge is 0.0322 e. The van der Waals surface area contributed by atoms with E-state index in [2.05, 4.69) is 73.3 Å². The summed E-state index contributed by atoms with van der Waals surface area (Å²) in [5, 5.41) is 0. The number of likely N-dealkylation sites (tertiary alicyclic amines) is 1. The Balaban J connectivity index is 1.77. The molecule has 0 aliphatic carbocycles. The highest BCUT2D eigenvalue weighted by molar-refractivity contribution is 5.63. The molecule has 1 heteroatoms. The summed E-state index contributed by atoms with van der Waals surface area (Å²) in [6, 6.07) is 21.0. The Bertz CT molecular complexity index is 558. The predicted molar refractivity (Wildman–Crippen MR) is 90.3 cm³/mol. The maximum absolute atomic E-state index is 2.65. The lowest BCUT2D eigenvalue weighted by Gasteiger charge is -2.38. The normalized spacial score (nSPS) is 21.1. The second-order valence-corrected chi connectivity index (χ2v) is 6.25. The minimum absolute atomic E-state index is 0.519. The van der Waals surface area contributed by atoms with Gasteiger partial charge in [0.05, 0.1) is 0 Å². The van der Waals surface area contributed by atoms with E-state index in [1.165, 1.54) is 42.5 Å². The average Bonchev–Trinajstić information content (AvgIpc) is 2.56. The van der Waals surface area contributed by atoms with Crippen molar-refractivity contribution in [3.63, 3.8) is 0 Å². The van der Waals surface area contributed by atoms with Gasteiger partial charge in [-0.15, -0.1) is 0 Å². The van der Waals surface area contributed by atoms with Crippen molar-refractivity contribution < 1.29 is 0 Å². The third-order valence-electron chi connectivity index (χ3n) is 4.85. The van der Waals surface area contributed by atoms with E-state index < -0.39 is 0 Å². The highest BCUT2D eigenvalue weighted by Gasteiger charge is 2.23. The van der Waals surface area contributed by atoms with Crippen LogP contribution in [0.1, 0.15) is 44.7 Å². The molecule has 2 atom stereocenters. The molecule has 2 aromatic carbocycles.